The van der Waals surface area contributed by atoms with Gasteiger partial charge in [0.2, 0.25) is 0 Å². The summed E-state index contributed by atoms with van der Waals surface area (Å²) < 4.78 is 13.4. The first-order valence-corrected chi connectivity index (χ1v) is 12.2. The molecule has 0 saturated carbocycles. The van der Waals surface area contributed by atoms with Gasteiger partial charge in [0.25, 0.3) is 5.91 Å². The van der Waals surface area contributed by atoms with Crippen molar-refractivity contribution in [3.05, 3.63) is 91.4 Å². The van der Waals surface area contributed by atoms with Crippen LogP contribution in [0.2, 0.25) is 0 Å². The number of amides is 1. The minimum atomic E-state index is -0.480. The van der Waals surface area contributed by atoms with Crippen LogP contribution in [0.15, 0.2) is 69.1 Å². The summed E-state index contributed by atoms with van der Waals surface area (Å²) in [6.45, 7) is 6.67. The van der Waals surface area contributed by atoms with Gasteiger partial charge in [0.05, 0.1) is 6.61 Å². The summed E-state index contributed by atoms with van der Waals surface area (Å²) in [4.78, 5) is 12.7. The monoisotopic (exact) mass is 582 g/mol. The Morgan fingerprint density at radius 1 is 1.00 bits per heavy atom. The molecule has 3 rings (SSSR count). The number of rotatable bonds is 8. The van der Waals surface area contributed by atoms with Crippen LogP contribution in [0.5, 0.6) is 11.5 Å². The molecule has 3 aromatic carbocycles. The molecule has 0 heterocycles. The molecule has 0 fully saturated rings. The summed E-state index contributed by atoms with van der Waals surface area (Å²) in [6, 6.07) is 19.0. The second kappa shape index (κ2) is 11.9. The van der Waals surface area contributed by atoms with Crippen molar-refractivity contribution in [1.29, 1.82) is 5.26 Å². The lowest BCUT2D eigenvalue weighted by Crippen LogP contribution is -2.13. The zero-order valence-corrected chi connectivity index (χ0v) is 22.3. The lowest BCUT2D eigenvalue weighted by Gasteiger charge is -2.14. The third kappa shape index (κ3) is 6.72. The smallest absolute Gasteiger partial charge is 0.266 e. The minimum absolute atomic E-state index is 0.0232. The topological polar surface area (TPSA) is 71.3 Å². The largest absolute Gasteiger partial charge is 0.490 e. The predicted octanol–water partition coefficient (Wildman–Crippen LogP) is 7.35. The number of ether oxygens (including phenoxy) is 2. The van der Waals surface area contributed by atoms with Crippen molar-refractivity contribution in [1.82, 2.24) is 0 Å². The van der Waals surface area contributed by atoms with E-state index < -0.39 is 5.91 Å². The SMILES string of the molecule is CCOc1cc(/C=C(\C#N)C(=O)Nc2ccc(C)c(C)c2)c(Br)cc1OCc1ccc(Br)cc1. The van der Waals surface area contributed by atoms with E-state index in [9.17, 15) is 10.1 Å². The van der Waals surface area contributed by atoms with Gasteiger partial charge >= 0.3 is 0 Å². The number of nitrogens with one attached hydrogen (secondary N) is 1. The summed E-state index contributed by atoms with van der Waals surface area (Å²) in [6.07, 6.45) is 1.53. The van der Waals surface area contributed by atoms with Gasteiger partial charge in [-0.15, -0.1) is 0 Å². The van der Waals surface area contributed by atoms with Gasteiger partial charge in [-0.25, -0.2) is 0 Å². The van der Waals surface area contributed by atoms with Crippen LogP contribution in [-0.4, -0.2) is 12.5 Å². The summed E-state index contributed by atoms with van der Waals surface area (Å²) in [5, 5.41) is 12.4. The molecular weight excluding hydrogens is 560 g/mol. The average molecular weight is 584 g/mol. The van der Waals surface area contributed by atoms with E-state index in [4.69, 9.17) is 9.47 Å². The molecular formula is C27H24Br2N2O3. The van der Waals surface area contributed by atoms with Gasteiger partial charge in [-0.1, -0.05) is 50.1 Å². The first kappa shape index (κ1) is 25.5. The van der Waals surface area contributed by atoms with Crippen LogP contribution in [0.3, 0.4) is 0 Å². The number of halogens is 2. The van der Waals surface area contributed by atoms with E-state index in [1.807, 2.05) is 69.3 Å². The fourth-order valence-corrected chi connectivity index (χ4v) is 3.81. The molecule has 0 spiro atoms. The Hall–Kier alpha value is -3.08. The fourth-order valence-electron chi connectivity index (χ4n) is 3.11. The number of aryl methyl sites for hydroxylation is 2. The van der Waals surface area contributed by atoms with Crippen LogP contribution >= 0.6 is 31.9 Å². The van der Waals surface area contributed by atoms with Gasteiger partial charge in [-0.05, 0) is 85.5 Å². The van der Waals surface area contributed by atoms with Crippen LogP contribution in [0.4, 0.5) is 5.69 Å². The second-order valence-electron chi connectivity index (χ2n) is 7.59. The van der Waals surface area contributed by atoms with E-state index in [0.29, 0.717) is 40.4 Å². The number of anilines is 1. The van der Waals surface area contributed by atoms with Crippen LogP contribution in [0, 0.1) is 25.2 Å². The minimum Gasteiger partial charge on any atom is -0.490 e. The maximum Gasteiger partial charge on any atom is 0.266 e. The number of carbonyl (C=O) groups is 1. The van der Waals surface area contributed by atoms with E-state index >= 15 is 0 Å². The Morgan fingerprint density at radius 3 is 2.35 bits per heavy atom. The molecule has 0 aliphatic rings. The summed E-state index contributed by atoms with van der Waals surface area (Å²) >= 11 is 6.96. The van der Waals surface area contributed by atoms with Gasteiger partial charge < -0.3 is 14.8 Å². The van der Waals surface area contributed by atoms with Crippen molar-refractivity contribution in [2.45, 2.75) is 27.4 Å². The van der Waals surface area contributed by atoms with Gasteiger partial charge in [-0.3, -0.25) is 4.79 Å². The normalized spacial score (nSPS) is 11.0. The fraction of sp³-hybridized carbons (Fsp3) is 0.185. The molecule has 0 bridgehead atoms. The Morgan fingerprint density at radius 2 is 1.71 bits per heavy atom. The molecule has 0 aliphatic carbocycles. The molecule has 7 heteroatoms. The Kier molecular flexibility index (Phi) is 8.91. The molecule has 1 amide bonds. The summed E-state index contributed by atoms with van der Waals surface area (Å²) in [5.41, 5.74) is 4.45. The van der Waals surface area contributed by atoms with E-state index in [1.165, 1.54) is 6.08 Å². The molecule has 0 atom stereocenters. The number of carbonyl (C=O) groups excluding carboxylic acids is 1. The Bertz CT molecular complexity index is 1260. The maximum absolute atomic E-state index is 12.7. The Balaban J connectivity index is 1.84. The molecule has 0 unspecified atom stereocenters. The van der Waals surface area contributed by atoms with Crippen LogP contribution in [0.25, 0.3) is 6.08 Å². The van der Waals surface area contributed by atoms with Crippen molar-refractivity contribution in [2.75, 3.05) is 11.9 Å². The zero-order valence-electron chi connectivity index (χ0n) is 19.1. The highest BCUT2D eigenvalue weighted by Gasteiger charge is 2.14. The standard InChI is InChI=1S/C27H24Br2N2O3/c1-4-33-25-13-20(24(29)14-26(25)34-16-19-6-8-22(28)9-7-19)12-21(15-30)27(32)31-23-10-5-17(2)18(3)11-23/h5-14H,4,16H2,1-3H3,(H,31,32)/b21-12+. The highest BCUT2D eigenvalue weighted by atomic mass is 79.9. The van der Waals surface area contributed by atoms with E-state index in [2.05, 4.69) is 37.2 Å². The summed E-state index contributed by atoms with van der Waals surface area (Å²) in [7, 11) is 0. The maximum atomic E-state index is 12.7. The third-order valence-electron chi connectivity index (χ3n) is 5.10. The number of nitrogens with zero attached hydrogens (tertiary/aromatic N) is 1. The Labute approximate surface area is 216 Å². The average Bonchev–Trinajstić information content (AvgIpc) is 2.81. The van der Waals surface area contributed by atoms with Crippen molar-refractivity contribution in [3.63, 3.8) is 0 Å². The molecule has 1 N–H and O–H groups in total. The van der Waals surface area contributed by atoms with Gasteiger partial charge in [-0.2, -0.15) is 5.26 Å². The van der Waals surface area contributed by atoms with Crippen molar-refractivity contribution in [3.8, 4) is 17.6 Å². The molecule has 5 nitrogen and oxygen atoms in total. The van der Waals surface area contributed by atoms with Gasteiger partial charge in [0, 0.05) is 14.6 Å². The highest BCUT2D eigenvalue weighted by Crippen LogP contribution is 2.35. The van der Waals surface area contributed by atoms with Crippen LogP contribution in [-0.2, 0) is 11.4 Å². The number of hydrogen-bond acceptors (Lipinski definition) is 4. The summed E-state index contributed by atoms with van der Waals surface area (Å²) in [5.74, 6) is 0.610. The first-order valence-electron chi connectivity index (χ1n) is 10.6. The highest BCUT2D eigenvalue weighted by molar-refractivity contribution is 9.10. The number of hydrogen-bond donors (Lipinski definition) is 1. The number of nitriles is 1. The predicted molar refractivity (Wildman–Crippen MR) is 142 cm³/mol. The van der Waals surface area contributed by atoms with Crippen molar-refractivity contribution < 1.29 is 14.3 Å². The van der Waals surface area contributed by atoms with E-state index in [0.717, 1.165) is 21.2 Å². The molecule has 34 heavy (non-hydrogen) atoms. The van der Waals surface area contributed by atoms with Gasteiger partial charge in [0.1, 0.15) is 18.2 Å². The molecule has 3 aromatic rings. The second-order valence-corrected chi connectivity index (χ2v) is 9.36. The van der Waals surface area contributed by atoms with Crippen LogP contribution in [0.1, 0.15) is 29.2 Å². The van der Waals surface area contributed by atoms with E-state index in [-0.39, 0.29) is 5.57 Å². The van der Waals surface area contributed by atoms with E-state index in [1.54, 1.807) is 12.1 Å². The lowest BCUT2D eigenvalue weighted by molar-refractivity contribution is -0.112. The molecule has 0 radical (unpaired) electrons. The van der Waals surface area contributed by atoms with Crippen molar-refractivity contribution >= 4 is 49.5 Å². The van der Waals surface area contributed by atoms with Crippen molar-refractivity contribution in [2.24, 2.45) is 0 Å². The molecule has 0 saturated heterocycles. The molecule has 174 valence electrons. The quantitative estimate of drug-likeness (QED) is 0.222. The third-order valence-corrected chi connectivity index (χ3v) is 6.32. The zero-order chi connectivity index (χ0) is 24.7. The lowest BCUT2D eigenvalue weighted by atomic mass is 10.1. The first-order chi connectivity index (χ1) is 16.3. The molecule has 0 aromatic heterocycles. The molecule has 0 aliphatic heterocycles. The van der Waals surface area contributed by atoms with Crippen LogP contribution < -0.4 is 14.8 Å². The number of benzene rings is 3. The van der Waals surface area contributed by atoms with Gasteiger partial charge in [0.15, 0.2) is 11.5 Å².